The van der Waals surface area contributed by atoms with Crippen LogP contribution >= 0.6 is 11.3 Å². The molecule has 21 heavy (non-hydrogen) atoms. The van der Waals surface area contributed by atoms with Crippen molar-refractivity contribution < 1.29 is 4.92 Å². The van der Waals surface area contributed by atoms with Crippen molar-refractivity contribution in [1.82, 2.24) is 14.6 Å². The molecule has 0 spiro atoms. The molecule has 2 heterocycles. The zero-order chi connectivity index (χ0) is 15.0. The van der Waals surface area contributed by atoms with Crippen LogP contribution in [0.2, 0.25) is 0 Å². The summed E-state index contributed by atoms with van der Waals surface area (Å²) >= 11 is 1.38. The van der Waals surface area contributed by atoms with E-state index in [4.69, 9.17) is 0 Å². The van der Waals surface area contributed by atoms with Crippen molar-refractivity contribution in [3.63, 3.8) is 0 Å². The van der Waals surface area contributed by atoms with Gasteiger partial charge in [-0.05, 0) is 6.92 Å². The normalized spacial score (nSPS) is 10.9. The fraction of sp³-hybridized carbons (Fsp3) is 0.154. The molecule has 2 aromatic heterocycles. The van der Waals surface area contributed by atoms with E-state index in [2.05, 4.69) is 10.2 Å². The average Bonchev–Trinajstić information content (AvgIpc) is 2.88. The van der Waals surface area contributed by atoms with Crippen LogP contribution in [-0.2, 0) is 6.42 Å². The first-order valence-corrected chi connectivity index (χ1v) is 7.00. The lowest BCUT2D eigenvalue weighted by atomic mass is 10.1. The minimum Gasteiger partial charge on any atom is -0.258 e. The fourth-order valence-electron chi connectivity index (χ4n) is 2.18. The Morgan fingerprint density at radius 1 is 1.33 bits per heavy atom. The number of fused-ring (bicyclic) bond motifs is 1. The molecule has 106 valence electrons. The number of thiazole rings is 1. The lowest BCUT2D eigenvalue weighted by Gasteiger charge is -2.03. The number of hydrogen-bond acceptors (Lipinski definition) is 6. The van der Waals surface area contributed by atoms with Gasteiger partial charge in [-0.2, -0.15) is 0 Å². The minimum absolute atomic E-state index is 0.0450. The lowest BCUT2D eigenvalue weighted by Crippen LogP contribution is -2.20. The highest BCUT2D eigenvalue weighted by Crippen LogP contribution is 2.24. The van der Waals surface area contributed by atoms with Crippen LogP contribution in [0.3, 0.4) is 0 Å². The number of rotatable bonds is 3. The highest BCUT2D eigenvalue weighted by molar-refractivity contribution is 7.15. The third-order valence-corrected chi connectivity index (χ3v) is 4.23. The van der Waals surface area contributed by atoms with Crippen molar-refractivity contribution in [1.29, 1.82) is 0 Å². The van der Waals surface area contributed by atoms with Gasteiger partial charge in [-0.1, -0.05) is 23.3 Å². The van der Waals surface area contributed by atoms with Gasteiger partial charge in [-0.15, -0.1) is 16.4 Å². The van der Waals surface area contributed by atoms with Gasteiger partial charge in [0.2, 0.25) is 0 Å². The van der Waals surface area contributed by atoms with Crippen LogP contribution in [0.1, 0.15) is 17.0 Å². The number of para-hydroxylation sites is 1. The van der Waals surface area contributed by atoms with Gasteiger partial charge in [0.15, 0.2) is 0 Å². The van der Waals surface area contributed by atoms with Crippen LogP contribution in [0.5, 0.6) is 0 Å². The number of hydrogen-bond donors (Lipinski definition) is 0. The summed E-state index contributed by atoms with van der Waals surface area (Å²) in [7, 11) is 0. The maximum absolute atomic E-state index is 11.9. The molecular weight excluding hydrogens is 292 g/mol. The van der Waals surface area contributed by atoms with E-state index in [0.717, 1.165) is 0 Å². The average molecular weight is 302 g/mol. The molecule has 0 saturated heterocycles. The summed E-state index contributed by atoms with van der Waals surface area (Å²) in [5.74, 6) is 0. The standard InChI is InChI=1S/C13H10N4O3S/c1-8-12-16(13(18)15-14-8)10(7-21-12)6-9-4-2-3-5-11(9)17(19)20/h2-5,7H,6H2,1H3. The number of benzene rings is 1. The van der Waals surface area contributed by atoms with Crippen LogP contribution < -0.4 is 5.69 Å². The van der Waals surface area contributed by atoms with Gasteiger partial charge in [-0.3, -0.25) is 14.5 Å². The summed E-state index contributed by atoms with van der Waals surface area (Å²) in [6.45, 7) is 1.77. The van der Waals surface area contributed by atoms with Gasteiger partial charge in [0.05, 0.1) is 10.6 Å². The summed E-state index contributed by atoms with van der Waals surface area (Å²) in [4.78, 5) is 23.2. The molecule has 0 aliphatic carbocycles. The Balaban J connectivity index is 2.14. The van der Waals surface area contributed by atoms with E-state index in [0.29, 0.717) is 28.2 Å². The molecule has 3 rings (SSSR count). The smallest absolute Gasteiger partial charge is 0.258 e. The predicted octanol–water partition coefficient (Wildman–Crippen LogP) is 1.96. The summed E-state index contributed by atoms with van der Waals surface area (Å²) in [6, 6.07) is 6.51. The highest BCUT2D eigenvalue weighted by Gasteiger charge is 2.16. The molecule has 0 N–H and O–H groups in total. The second-order valence-corrected chi connectivity index (χ2v) is 5.36. The van der Waals surface area contributed by atoms with Crippen molar-refractivity contribution in [2.45, 2.75) is 13.3 Å². The third kappa shape index (κ3) is 2.29. The molecule has 0 bridgehead atoms. The van der Waals surface area contributed by atoms with Gasteiger partial charge < -0.3 is 0 Å². The topological polar surface area (TPSA) is 90.4 Å². The molecule has 0 atom stereocenters. The molecule has 0 amide bonds. The maximum atomic E-state index is 11.9. The molecule has 0 saturated carbocycles. The van der Waals surface area contributed by atoms with Crippen molar-refractivity contribution in [2.24, 2.45) is 0 Å². The molecule has 7 nitrogen and oxygen atoms in total. The first-order valence-electron chi connectivity index (χ1n) is 6.12. The zero-order valence-corrected chi connectivity index (χ0v) is 11.8. The van der Waals surface area contributed by atoms with E-state index in [9.17, 15) is 14.9 Å². The quantitative estimate of drug-likeness (QED) is 0.545. The molecule has 3 aromatic rings. The second-order valence-electron chi connectivity index (χ2n) is 4.50. The molecule has 0 fully saturated rings. The van der Waals surface area contributed by atoms with Gasteiger partial charge in [-0.25, -0.2) is 4.79 Å². The molecule has 0 radical (unpaired) electrons. The van der Waals surface area contributed by atoms with E-state index in [-0.39, 0.29) is 5.69 Å². The Hall–Kier alpha value is -2.61. The molecule has 0 unspecified atom stereocenters. The van der Waals surface area contributed by atoms with E-state index in [1.54, 1.807) is 25.1 Å². The molecule has 1 aromatic carbocycles. The summed E-state index contributed by atoms with van der Waals surface area (Å²) in [5.41, 5.74) is 1.47. The van der Waals surface area contributed by atoms with Crippen LogP contribution in [-0.4, -0.2) is 19.5 Å². The minimum atomic E-state index is -0.467. The van der Waals surface area contributed by atoms with Gasteiger partial charge in [0.1, 0.15) is 4.83 Å². The number of aromatic nitrogens is 3. The SMILES string of the molecule is Cc1nnc(=O)n2c(Cc3ccccc3[N+](=O)[O-])csc12. The van der Waals surface area contributed by atoms with E-state index < -0.39 is 10.6 Å². The molecular formula is C13H10N4O3S. The molecule has 0 aliphatic heterocycles. The van der Waals surface area contributed by atoms with E-state index >= 15 is 0 Å². The Bertz CT molecular complexity index is 900. The van der Waals surface area contributed by atoms with Crippen LogP contribution in [0.25, 0.3) is 4.83 Å². The summed E-state index contributed by atoms with van der Waals surface area (Å²) < 4.78 is 1.46. The Morgan fingerprint density at radius 3 is 2.86 bits per heavy atom. The third-order valence-electron chi connectivity index (χ3n) is 3.14. The Kier molecular flexibility index (Phi) is 3.22. The Labute approximate surface area is 122 Å². The van der Waals surface area contributed by atoms with Gasteiger partial charge >= 0.3 is 5.69 Å². The Morgan fingerprint density at radius 2 is 2.10 bits per heavy atom. The molecule has 0 aliphatic rings. The van der Waals surface area contributed by atoms with Crippen molar-refractivity contribution in [2.75, 3.05) is 0 Å². The fourth-order valence-corrected chi connectivity index (χ4v) is 3.12. The van der Waals surface area contributed by atoms with Crippen molar-refractivity contribution >= 4 is 21.9 Å². The zero-order valence-electron chi connectivity index (χ0n) is 11.0. The predicted molar refractivity (Wildman–Crippen MR) is 77.8 cm³/mol. The highest BCUT2D eigenvalue weighted by atomic mass is 32.1. The first kappa shape index (κ1) is 13.4. The second kappa shape index (κ2) is 5.06. The van der Waals surface area contributed by atoms with Crippen molar-refractivity contribution in [3.05, 3.63) is 67.2 Å². The summed E-state index contributed by atoms with van der Waals surface area (Å²) in [5, 5.41) is 20.2. The maximum Gasteiger partial charge on any atom is 0.371 e. The van der Waals surface area contributed by atoms with Crippen molar-refractivity contribution in [3.8, 4) is 0 Å². The van der Waals surface area contributed by atoms with Crippen LogP contribution in [0.15, 0.2) is 34.4 Å². The first-order chi connectivity index (χ1) is 10.1. The van der Waals surface area contributed by atoms with Crippen LogP contribution in [0, 0.1) is 17.0 Å². The summed E-state index contributed by atoms with van der Waals surface area (Å²) in [6.07, 6.45) is 0.294. The molecule has 8 heteroatoms. The van der Waals surface area contributed by atoms with E-state index in [1.807, 2.05) is 5.38 Å². The number of aryl methyl sites for hydroxylation is 1. The van der Waals surface area contributed by atoms with E-state index in [1.165, 1.54) is 21.8 Å². The number of nitro benzene ring substituents is 1. The largest absolute Gasteiger partial charge is 0.371 e. The number of nitrogens with zero attached hydrogens (tertiary/aromatic N) is 4. The number of nitro groups is 1. The van der Waals surface area contributed by atoms with Gasteiger partial charge in [0.25, 0.3) is 5.69 Å². The lowest BCUT2D eigenvalue weighted by molar-refractivity contribution is -0.385. The van der Waals surface area contributed by atoms with Gasteiger partial charge in [0, 0.05) is 29.1 Å². The van der Waals surface area contributed by atoms with Crippen LogP contribution in [0.4, 0.5) is 5.69 Å². The monoisotopic (exact) mass is 302 g/mol.